The third-order valence-corrected chi connectivity index (χ3v) is 5.15. The lowest BCUT2D eigenvalue weighted by molar-refractivity contribution is -0.122. The first-order valence-electron chi connectivity index (χ1n) is 9.38. The second-order valence-corrected chi connectivity index (χ2v) is 7.41. The number of aromatic nitrogens is 2. The third-order valence-electron chi connectivity index (χ3n) is 5.15. The highest BCUT2D eigenvalue weighted by Crippen LogP contribution is 2.42. The predicted octanol–water partition coefficient (Wildman–Crippen LogP) is 3.85. The topological polar surface area (TPSA) is 68.0 Å². The molecule has 1 aromatic carbocycles. The highest BCUT2D eigenvalue weighted by Gasteiger charge is 2.34. The average molecular weight is 339 g/mol. The normalized spacial score (nSPS) is 18.1. The van der Waals surface area contributed by atoms with Crippen LogP contribution in [0.25, 0.3) is 0 Å². The van der Waals surface area contributed by atoms with Crippen molar-refractivity contribution in [1.82, 2.24) is 15.5 Å². The van der Waals surface area contributed by atoms with Crippen LogP contribution in [0.5, 0.6) is 0 Å². The van der Waals surface area contributed by atoms with E-state index in [4.69, 9.17) is 4.52 Å². The molecule has 2 aromatic rings. The van der Waals surface area contributed by atoms with E-state index in [2.05, 4.69) is 40.6 Å². The van der Waals surface area contributed by atoms with Crippen LogP contribution in [-0.4, -0.2) is 16.0 Å². The Morgan fingerprint density at radius 3 is 2.80 bits per heavy atom. The molecule has 4 rings (SSSR count). The largest absolute Gasteiger partial charge is 0.349 e. The molecule has 0 saturated heterocycles. The second kappa shape index (κ2) is 6.98. The summed E-state index contributed by atoms with van der Waals surface area (Å²) in [6.45, 7) is 2.11. The average Bonchev–Trinajstić information content (AvgIpc) is 3.53. The maximum atomic E-state index is 12.4. The smallest absolute Gasteiger partial charge is 0.226 e. The van der Waals surface area contributed by atoms with Gasteiger partial charge < -0.3 is 9.84 Å². The summed E-state index contributed by atoms with van der Waals surface area (Å²) in [6, 6.07) is 8.50. The van der Waals surface area contributed by atoms with Crippen LogP contribution in [-0.2, 0) is 11.2 Å². The second-order valence-electron chi connectivity index (χ2n) is 7.41. The van der Waals surface area contributed by atoms with Crippen molar-refractivity contribution in [3.05, 3.63) is 47.1 Å². The van der Waals surface area contributed by atoms with Crippen LogP contribution < -0.4 is 5.32 Å². The molecule has 132 valence electrons. The number of nitrogens with one attached hydrogen (secondary N) is 1. The van der Waals surface area contributed by atoms with E-state index in [-0.39, 0.29) is 11.9 Å². The Labute approximate surface area is 148 Å². The number of hydrogen-bond donors (Lipinski definition) is 1. The Hall–Kier alpha value is -2.17. The lowest BCUT2D eigenvalue weighted by Crippen LogP contribution is -2.30. The van der Waals surface area contributed by atoms with E-state index in [0.717, 1.165) is 12.2 Å². The molecule has 2 aliphatic carbocycles. The van der Waals surface area contributed by atoms with E-state index in [9.17, 15) is 4.79 Å². The molecule has 2 saturated carbocycles. The maximum absolute atomic E-state index is 12.4. The summed E-state index contributed by atoms with van der Waals surface area (Å²) >= 11 is 0. The molecule has 0 unspecified atom stereocenters. The zero-order valence-electron chi connectivity index (χ0n) is 14.7. The zero-order valence-corrected chi connectivity index (χ0v) is 14.7. The molecule has 0 aliphatic heterocycles. The van der Waals surface area contributed by atoms with Crippen LogP contribution in [0.3, 0.4) is 0 Å². The Morgan fingerprint density at radius 1 is 1.28 bits per heavy atom. The van der Waals surface area contributed by atoms with Gasteiger partial charge in [0.25, 0.3) is 0 Å². The van der Waals surface area contributed by atoms with Crippen molar-refractivity contribution in [2.45, 2.75) is 63.8 Å². The van der Waals surface area contributed by atoms with Gasteiger partial charge in [0.1, 0.15) is 0 Å². The van der Waals surface area contributed by atoms with Crippen molar-refractivity contribution in [3.63, 3.8) is 0 Å². The Bertz CT molecular complexity index is 747. The first-order valence-corrected chi connectivity index (χ1v) is 9.38. The van der Waals surface area contributed by atoms with Crippen molar-refractivity contribution in [2.75, 3.05) is 0 Å². The third kappa shape index (κ3) is 4.09. The van der Waals surface area contributed by atoms with Gasteiger partial charge in [-0.2, -0.15) is 4.98 Å². The molecule has 1 amide bonds. The summed E-state index contributed by atoms with van der Waals surface area (Å²) in [6.07, 6.45) is 6.65. The summed E-state index contributed by atoms with van der Waals surface area (Å²) in [7, 11) is 0. The summed E-state index contributed by atoms with van der Waals surface area (Å²) in [5, 5.41) is 7.27. The number of carbonyl (C=O) groups excluding carboxylic acids is 1. The van der Waals surface area contributed by atoms with Gasteiger partial charge in [0, 0.05) is 18.8 Å². The molecule has 1 atom stereocenters. The summed E-state index contributed by atoms with van der Waals surface area (Å²) in [4.78, 5) is 16.8. The van der Waals surface area contributed by atoms with Gasteiger partial charge in [0.05, 0.1) is 6.04 Å². The van der Waals surface area contributed by atoms with Gasteiger partial charge in [0.2, 0.25) is 11.8 Å². The molecular formula is C20H25N3O2. The highest BCUT2D eigenvalue weighted by molar-refractivity contribution is 5.76. The SMILES string of the molecule is Cc1ccccc1[C@@H](NC(=O)CCCc1nc(C2CC2)no1)C1CC1. The number of hydrogen-bond acceptors (Lipinski definition) is 4. The fraction of sp³-hybridized carbons (Fsp3) is 0.550. The maximum Gasteiger partial charge on any atom is 0.226 e. The predicted molar refractivity (Wildman–Crippen MR) is 94.0 cm³/mol. The minimum atomic E-state index is 0.113. The van der Waals surface area contributed by atoms with Crippen LogP contribution in [0.2, 0.25) is 0 Å². The molecule has 0 bridgehead atoms. The van der Waals surface area contributed by atoms with Gasteiger partial charge >= 0.3 is 0 Å². The fourth-order valence-corrected chi connectivity index (χ4v) is 3.34. The molecule has 2 fully saturated rings. The number of nitrogens with zero attached hydrogens (tertiary/aromatic N) is 2. The van der Waals surface area contributed by atoms with Gasteiger partial charge in [-0.05, 0) is 56.1 Å². The summed E-state index contributed by atoms with van der Waals surface area (Å²) in [5.74, 6) is 2.71. The molecule has 1 heterocycles. The number of aryl methyl sites for hydroxylation is 2. The van der Waals surface area contributed by atoms with Crippen LogP contribution in [0, 0.1) is 12.8 Å². The van der Waals surface area contributed by atoms with Gasteiger partial charge in [-0.15, -0.1) is 0 Å². The Morgan fingerprint density at radius 2 is 2.08 bits per heavy atom. The Kier molecular flexibility index (Phi) is 4.55. The summed E-state index contributed by atoms with van der Waals surface area (Å²) < 4.78 is 5.27. The minimum Gasteiger partial charge on any atom is -0.349 e. The van der Waals surface area contributed by atoms with Crippen LogP contribution in [0.15, 0.2) is 28.8 Å². The summed E-state index contributed by atoms with van der Waals surface area (Å²) in [5.41, 5.74) is 2.50. The van der Waals surface area contributed by atoms with Crippen molar-refractivity contribution < 1.29 is 9.32 Å². The van der Waals surface area contributed by atoms with Crippen LogP contribution >= 0.6 is 0 Å². The lowest BCUT2D eigenvalue weighted by Gasteiger charge is -2.20. The fourth-order valence-electron chi connectivity index (χ4n) is 3.34. The van der Waals surface area contributed by atoms with E-state index in [1.165, 1.54) is 36.8 Å². The van der Waals surface area contributed by atoms with Crippen molar-refractivity contribution in [3.8, 4) is 0 Å². The van der Waals surface area contributed by atoms with Crippen molar-refractivity contribution in [1.29, 1.82) is 0 Å². The highest BCUT2D eigenvalue weighted by atomic mass is 16.5. The standard InChI is InChI=1S/C20H25N3O2/c1-13-5-2-3-6-16(13)19(14-9-10-14)21-17(24)7-4-8-18-22-20(23-25-18)15-11-12-15/h2-3,5-6,14-15,19H,4,7-12H2,1H3,(H,21,24)/t19-/m0/s1. The van der Waals surface area contributed by atoms with E-state index in [1.807, 2.05) is 6.07 Å². The molecule has 5 nitrogen and oxygen atoms in total. The molecule has 5 heteroatoms. The first kappa shape index (κ1) is 16.3. The monoisotopic (exact) mass is 339 g/mol. The minimum absolute atomic E-state index is 0.113. The van der Waals surface area contributed by atoms with E-state index >= 15 is 0 Å². The molecule has 2 aliphatic rings. The van der Waals surface area contributed by atoms with E-state index in [0.29, 0.717) is 30.6 Å². The van der Waals surface area contributed by atoms with Gasteiger partial charge in [-0.1, -0.05) is 29.4 Å². The number of carbonyl (C=O) groups is 1. The van der Waals surface area contributed by atoms with Crippen molar-refractivity contribution >= 4 is 5.91 Å². The molecule has 0 spiro atoms. The van der Waals surface area contributed by atoms with Crippen molar-refractivity contribution in [2.24, 2.45) is 5.92 Å². The number of rotatable bonds is 8. The first-order chi connectivity index (χ1) is 12.2. The number of benzene rings is 1. The Balaban J connectivity index is 1.29. The lowest BCUT2D eigenvalue weighted by atomic mass is 9.97. The molecular weight excluding hydrogens is 314 g/mol. The van der Waals surface area contributed by atoms with E-state index < -0.39 is 0 Å². The van der Waals surface area contributed by atoms with Gasteiger partial charge in [0.15, 0.2) is 5.82 Å². The van der Waals surface area contributed by atoms with E-state index in [1.54, 1.807) is 0 Å². The van der Waals surface area contributed by atoms with Crippen LogP contribution in [0.4, 0.5) is 0 Å². The van der Waals surface area contributed by atoms with Gasteiger partial charge in [-0.25, -0.2) is 0 Å². The molecule has 1 N–H and O–H groups in total. The zero-order chi connectivity index (χ0) is 17.2. The van der Waals surface area contributed by atoms with Crippen LogP contribution in [0.1, 0.15) is 73.3 Å². The molecule has 25 heavy (non-hydrogen) atoms. The molecule has 1 aromatic heterocycles. The quantitative estimate of drug-likeness (QED) is 0.793. The molecule has 0 radical (unpaired) electrons. The van der Waals surface area contributed by atoms with Gasteiger partial charge in [-0.3, -0.25) is 4.79 Å². The number of amides is 1.